The van der Waals surface area contributed by atoms with Crippen LogP contribution in [0.2, 0.25) is 0 Å². The van der Waals surface area contributed by atoms with Crippen LogP contribution in [-0.4, -0.2) is 6.67 Å². The van der Waals surface area contributed by atoms with Crippen molar-refractivity contribution in [2.45, 2.75) is 6.04 Å². The second kappa shape index (κ2) is 2.64. The highest BCUT2D eigenvalue weighted by Gasteiger charge is 2.04. The van der Waals surface area contributed by atoms with Gasteiger partial charge in [0.05, 0.1) is 18.6 Å². The SMILES string of the molecule is N[C@@H](CF)c1ccoc1. The van der Waals surface area contributed by atoms with Gasteiger partial charge >= 0.3 is 0 Å². The molecule has 0 fully saturated rings. The topological polar surface area (TPSA) is 39.2 Å². The van der Waals surface area contributed by atoms with Crippen molar-refractivity contribution in [3.05, 3.63) is 24.2 Å². The Labute approximate surface area is 52.5 Å². The van der Waals surface area contributed by atoms with Crippen molar-refractivity contribution >= 4 is 0 Å². The van der Waals surface area contributed by atoms with Crippen molar-refractivity contribution in [1.29, 1.82) is 0 Å². The van der Waals surface area contributed by atoms with Crippen LogP contribution in [0.25, 0.3) is 0 Å². The molecule has 0 aliphatic rings. The largest absolute Gasteiger partial charge is 0.472 e. The van der Waals surface area contributed by atoms with Crippen LogP contribution in [0.5, 0.6) is 0 Å². The van der Waals surface area contributed by atoms with E-state index in [0.29, 0.717) is 5.56 Å². The van der Waals surface area contributed by atoms with E-state index in [9.17, 15) is 4.39 Å². The van der Waals surface area contributed by atoms with Crippen molar-refractivity contribution in [1.82, 2.24) is 0 Å². The van der Waals surface area contributed by atoms with E-state index in [-0.39, 0.29) is 0 Å². The lowest BCUT2D eigenvalue weighted by molar-refractivity contribution is 0.434. The van der Waals surface area contributed by atoms with E-state index < -0.39 is 12.7 Å². The first kappa shape index (κ1) is 6.29. The quantitative estimate of drug-likeness (QED) is 0.652. The Hall–Kier alpha value is -0.830. The van der Waals surface area contributed by atoms with Crippen LogP contribution in [0.4, 0.5) is 4.39 Å². The number of halogens is 1. The van der Waals surface area contributed by atoms with Gasteiger partial charge in [-0.1, -0.05) is 0 Å². The Bertz CT molecular complexity index is 162. The lowest BCUT2D eigenvalue weighted by atomic mass is 10.2. The number of rotatable bonds is 2. The average Bonchev–Trinajstić information content (AvgIpc) is 2.37. The van der Waals surface area contributed by atoms with Gasteiger partial charge in [0, 0.05) is 5.56 Å². The van der Waals surface area contributed by atoms with Crippen LogP contribution in [0.3, 0.4) is 0 Å². The van der Waals surface area contributed by atoms with Crippen molar-refractivity contribution < 1.29 is 8.81 Å². The molecule has 0 unspecified atom stereocenters. The summed E-state index contributed by atoms with van der Waals surface area (Å²) in [7, 11) is 0. The molecule has 3 heteroatoms. The van der Waals surface area contributed by atoms with Crippen LogP contribution in [-0.2, 0) is 0 Å². The van der Waals surface area contributed by atoms with Crippen molar-refractivity contribution in [3.63, 3.8) is 0 Å². The van der Waals surface area contributed by atoms with Gasteiger partial charge in [-0.2, -0.15) is 0 Å². The maximum absolute atomic E-state index is 11.8. The third-order valence-corrected chi connectivity index (χ3v) is 1.14. The first-order valence-corrected chi connectivity index (χ1v) is 2.68. The van der Waals surface area contributed by atoms with Crippen molar-refractivity contribution in [3.8, 4) is 0 Å². The minimum absolute atomic E-state index is 0.524. The zero-order valence-electron chi connectivity index (χ0n) is 4.88. The molecule has 0 aliphatic carbocycles. The Morgan fingerprint density at radius 2 is 2.56 bits per heavy atom. The molecule has 2 nitrogen and oxygen atoms in total. The molecule has 50 valence electrons. The molecule has 0 aromatic carbocycles. The second-order valence-electron chi connectivity index (χ2n) is 1.82. The van der Waals surface area contributed by atoms with Crippen LogP contribution in [0.1, 0.15) is 11.6 Å². The molecule has 0 radical (unpaired) electrons. The monoisotopic (exact) mass is 129 g/mol. The predicted octanol–water partition coefficient (Wildman–Crippen LogP) is 1.25. The Morgan fingerprint density at radius 1 is 1.78 bits per heavy atom. The van der Waals surface area contributed by atoms with Gasteiger partial charge in [0.25, 0.3) is 0 Å². The van der Waals surface area contributed by atoms with Gasteiger partial charge in [-0.05, 0) is 6.07 Å². The molecule has 0 aliphatic heterocycles. The predicted molar refractivity (Wildman–Crippen MR) is 31.6 cm³/mol. The number of nitrogens with two attached hydrogens (primary N) is 1. The van der Waals surface area contributed by atoms with Gasteiger partial charge in [0.15, 0.2) is 0 Å². The molecule has 2 N–H and O–H groups in total. The maximum atomic E-state index is 11.8. The fourth-order valence-corrected chi connectivity index (χ4v) is 0.575. The smallest absolute Gasteiger partial charge is 0.109 e. The summed E-state index contributed by atoms with van der Waals surface area (Å²) in [5, 5.41) is 0. The van der Waals surface area contributed by atoms with Crippen LogP contribution < -0.4 is 5.73 Å². The molecule has 0 amide bonds. The zero-order valence-corrected chi connectivity index (χ0v) is 4.88. The van der Waals surface area contributed by atoms with E-state index >= 15 is 0 Å². The van der Waals surface area contributed by atoms with E-state index in [1.165, 1.54) is 12.5 Å². The van der Waals surface area contributed by atoms with Gasteiger partial charge in [-0.3, -0.25) is 0 Å². The number of hydrogen-bond acceptors (Lipinski definition) is 2. The first-order valence-electron chi connectivity index (χ1n) is 2.68. The molecule has 9 heavy (non-hydrogen) atoms. The van der Waals surface area contributed by atoms with Gasteiger partial charge in [-0.25, -0.2) is 4.39 Å². The second-order valence-corrected chi connectivity index (χ2v) is 1.82. The molecule has 1 aromatic heterocycles. The fraction of sp³-hybridized carbons (Fsp3) is 0.333. The van der Waals surface area contributed by atoms with Gasteiger partial charge in [0.1, 0.15) is 6.67 Å². The fourth-order valence-electron chi connectivity index (χ4n) is 0.575. The van der Waals surface area contributed by atoms with E-state index in [4.69, 9.17) is 10.2 Å². The minimum atomic E-state index is -0.542. The van der Waals surface area contributed by atoms with E-state index in [1.54, 1.807) is 6.07 Å². The number of hydrogen-bond donors (Lipinski definition) is 1. The number of alkyl halides is 1. The summed E-state index contributed by atoms with van der Waals surface area (Å²) in [6.45, 7) is -0.542. The van der Waals surface area contributed by atoms with E-state index in [1.807, 2.05) is 0 Å². The molecule has 1 heterocycles. The standard InChI is InChI=1S/C6H8FNO/c7-3-6(8)5-1-2-9-4-5/h1-2,4,6H,3,8H2/t6-/m0/s1. The molecule has 0 saturated heterocycles. The summed E-state index contributed by atoms with van der Waals surface area (Å²) in [5.41, 5.74) is 6.01. The molecular weight excluding hydrogens is 121 g/mol. The van der Waals surface area contributed by atoms with Gasteiger partial charge < -0.3 is 10.2 Å². The van der Waals surface area contributed by atoms with Gasteiger partial charge in [-0.15, -0.1) is 0 Å². The third-order valence-electron chi connectivity index (χ3n) is 1.14. The summed E-state index contributed by atoms with van der Waals surface area (Å²) >= 11 is 0. The molecule has 1 aromatic rings. The lowest BCUT2D eigenvalue weighted by Gasteiger charge is -1.99. The summed E-state index contributed by atoms with van der Waals surface area (Å²) in [6.07, 6.45) is 2.93. The third kappa shape index (κ3) is 1.29. The van der Waals surface area contributed by atoms with Crippen molar-refractivity contribution in [2.24, 2.45) is 5.73 Å². The van der Waals surface area contributed by atoms with Crippen LogP contribution >= 0.6 is 0 Å². The average molecular weight is 129 g/mol. The zero-order chi connectivity index (χ0) is 6.69. The maximum Gasteiger partial charge on any atom is 0.109 e. The Kier molecular flexibility index (Phi) is 1.85. The Balaban J connectivity index is 2.65. The molecule has 1 rings (SSSR count). The Morgan fingerprint density at radius 3 is 3.00 bits per heavy atom. The normalized spacial score (nSPS) is 13.6. The summed E-state index contributed by atoms with van der Waals surface area (Å²) < 4.78 is 16.5. The summed E-state index contributed by atoms with van der Waals surface area (Å²) in [4.78, 5) is 0. The lowest BCUT2D eigenvalue weighted by Crippen LogP contribution is -2.10. The summed E-state index contributed by atoms with van der Waals surface area (Å²) in [5.74, 6) is 0. The van der Waals surface area contributed by atoms with Gasteiger partial charge in [0.2, 0.25) is 0 Å². The number of furan rings is 1. The molecule has 0 bridgehead atoms. The van der Waals surface area contributed by atoms with Crippen LogP contribution in [0.15, 0.2) is 23.0 Å². The minimum Gasteiger partial charge on any atom is -0.472 e. The molecule has 0 saturated carbocycles. The highest BCUT2D eigenvalue weighted by atomic mass is 19.1. The highest BCUT2D eigenvalue weighted by Crippen LogP contribution is 2.09. The van der Waals surface area contributed by atoms with E-state index in [0.717, 1.165) is 0 Å². The van der Waals surface area contributed by atoms with Crippen LogP contribution in [0, 0.1) is 0 Å². The molecular formula is C6H8FNO. The highest BCUT2D eigenvalue weighted by molar-refractivity contribution is 5.10. The molecule has 0 spiro atoms. The first-order chi connectivity index (χ1) is 4.34. The van der Waals surface area contributed by atoms with Crippen molar-refractivity contribution in [2.75, 3.05) is 6.67 Å². The molecule has 1 atom stereocenters. The summed E-state index contributed by atoms with van der Waals surface area (Å²) in [6, 6.07) is 1.13. The van der Waals surface area contributed by atoms with E-state index in [2.05, 4.69) is 0 Å².